The molecule has 14 heavy (non-hydrogen) atoms. The molecule has 0 bridgehead atoms. The lowest BCUT2D eigenvalue weighted by Gasteiger charge is -2.12. The van der Waals surface area contributed by atoms with Gasteiger partial charge in [-0.05, 0) is 30.6 Å². The average Bonchev–Trinajstić information content (AvgIpc) is 2.57. The first-order chi connectivity index (χ1) is 6.61. The van der Waals surface area contributed by atoms with Crippen LogP contribution in [0.2, 0.25) is 0 Å². The van der Waals surface area contributed by atoms with Crippen molar-refractivity contribution in [2.24, 2.45) is 17.8 Å². The van der Waals surface area contributed by atoms with Crippen LogP contribution in [0.3, 0.4) is 0 Å². The lowest BCUT2D eigenvalue weighted by Crippen LogP contribution is -2.02. The summed E-state index contributed by atoms with van der Waals surface area (Å²) >= 11 is 0. The van der Waals surface area contributed by atoms with Gasteiger partial charge < -0.3 is 0 Å². The van der Waals surface area contributed by atoms with Crippen LogP contribution in [0, 0.1) is 17.8 Å². The van der Waals surface area contributed by atoms with Gasteiger partial charge in [0.05, 0.1) is 0 Å². The average molecular weight is 200 g/mol. The van der Waals surface area contributed by atoms with Crippen LogP contribution in [0.5, 0.6) is 0 Å². The molecule has 1 rings (SSSR count). The van der Waals surface area contributed by atoms with Crippen molar-refractivity contribution >= 4 is 0 Å². The highest BCUT2D eigenvalue weighted by molar-refractivity contribution is 4.74. The summed E-state index contributed by atoms with van der Waals surface area (Å²) in [6.45, 7) is 15.3. The van der Waals surface area contributed by atoms with Crippen molar-refractivity contribution in [1.29, 1.82) is 0 Å². The van der Waals surface area contributed by atoms with E-state index < -0.39 is 0 Å². The largest absolute Gasteiger partial charge is 0.0683 e. The predicted molar refractivity (Wildman–Crippen MR) is 68.7 cm³/mol. The summed E-state index contributed by atoms with van der Waals surface area (Å²) in [6.07, 6.45) is 5.69. The Kier molecular flexibility index (Phi) is 13.0. The number of hydrogen-bond donors (Lipinski definition) is 0. The van der Waals surface area contributed by atoms with Crippen LogP contribution in [-0.2, 0) is 0 Å². The van der Waals surface area contributed by atoms with Crippen LogP contribution in [0.15, 0.2) is 0 Å². The van der Waals surface area contributed by atoms with Crippen molar-refractivity contribution in [3.63, 3.8) is 0 Å². The molecule has 88 valence electrons. The monoisotopic (exact) mass is 200 g/mol. The van der Waals surface area contributed by atoms with Crippen LogP contribution < -0.4 is 0 Å². The summed E-state index contributed by atoms with van der Waals surface area (Å²) in [6, 6.07) is 0. The number of hydrogen-bond acceptors (Lipinski definition) is 0. The lowest BCUT2D eigenvalue weighted by atomic mass is 9.94. The fourth-order valence-corrected chi connectivity index (χ4v) is 1.86. The van der Waals surface area contributed by atoms with E-state index in [1.807, 2.05) is 13.8 Å². The Morgan fingerprint density at radius 2 is 1.50 bits per heavy atom. The molecule has 0 heteroatoms. The summed E-state index contributed by atoms with van der Waals surface area (Å²) in [5, 5.41) is 0. The molecular formula is C14H32. The van der Waals surface area contributed by atoms with Gasteiger partial charge in [-0.25, -0.2) is 0 Å². The van der Waals surface area contributed by atoms with Crippen molar-refractivity contribution in [3.05, 3.63) is 0 Å². The van der Waals surface area contributed by atoms with E-state index in [9.17, 15) is 0 Å². The van der Waals surface area contributed by atoms with Gasteiger partial charge in [-0.15, -0.1) is 0 Å². The van der Waals surface area contributed by atoms with Gasteiger partial charge in [-0.3, -0.25) is 0 Å². The van der Waals surface area contributed by atoms with Crippen molar-refractivity contribution in [3.8, 4) is 0 Å². The molecule has 0 nitrogen and oxygen atoms in total. The fourth-order valence-electron chi connectivity index (χ4n) is 1.86. The van der Waals surface area contributed by atoms with E-state index in [-0.39, 0.29) is 0 Å². The molecule has 0 N–H and O–H groups in total. The van der Waals surface area contributed by atoms with Crippen molar-refractivity contribution < 1.29 is 0 Å². The topological polar surface area (TPSA) is 0 Å². The maximum atomic E-state index is 2.38. The Morgan fingerprint density at radius 1 is 1.07 bits per heavy atom. The van der Waals surface area contributed by atoms with Crippen LogP contribution >= 0.6 is 0 Å². The second kappa shape index (κ2) is 11.1. The zero-order valence-corrected chi connectivity index (χ0v) is 11.6. The van der Waals surface area contributed by atoms with Crippen molar-refractivity contribution in [2.75, 3.05) is 0 Å². The molecule has 0 radical (unpaired) electrons. The van der Waals surface area contributed by atoms with Gasteiger partial charge >= 0.3 is 0 Å². The summed E-state index contributed by atoms with van der Waals surface area (Å²) < 4.78 is 0. The lowest BCUT2D eigenvalue weighted by molar-refractivity contribution is 0.384. The third-order valence-corrected chi connectivity index (χ3v) is 2.68. The van der Waals surface area contributed by atoms with Gasteiger partial charge in [0.1, 0.15) is 0 Å². The Hall–Kier alpha value is 0. The molecule has 2 atom stereocenters. The van der Waals surface area contributed by atoms with Crippen LogP contribution in [-0.4, -0.2) is 0 Å². The minimum Gasteiger partial charge on any atom is -0.0683 e. The van der Waals surface area contributed by atoms with Crippen LogP contribution in [0.25, 0.3) is 0 Å². The quantitative estimate of drug-likeness (QED) is 0.523. The molecule has 1 aliphatic rings. The molecule has 0 spiro atoms. The summed E-state index contributed by atoms with van der Waals surface area (Å²) in [5.41, 5.74) is 0. The molecule has 1 saturated carbocycles. The first kappa shape index (κ1) is 16.4. The van der Waals surface area contributed by atoms with Gasteiger partial charge in [0.25, 0.3) is 0 Å². The molecule has 0 aromatic carbocycles. The Bertz CT molecular complexity index is 94.2. The molecule has 1 aliphatic carbocycles. The Balaban J connectivity index is 0. The normalized spacial score (nSPS) is 24.9. The van der Waals surface area contributed by atoms with E-state index in [0.29, 0.717) is 0 Å². The molecule has 2 unspecified atom stereocenters. The van der Waals surface area contributed by atoms with E-state index >= 15 is 0 Å². The molecule has 0 heterocycles. The van der Waals surface area contributed by atoms with E-state index in [2.05, 4.69) is 34.6 Å². The first-order valence-corrected chi connectivity index (χ1v) is 6.61. The van der Waals surface area contributed by atoms with Crippen LogP contribution in [0.1, 0.15) is 74.1 Å². The zero-order chi connectivity index (χ0) is 11.6. The summed E-state index contributed by atoms with van der Waals surface area (Å²) in [5.74, 6) is 2.98. The standard InChI is InChI=1S/C9H18.C3H8.C2H6/c1-7(2)9-5-4-8(3)6-9;1-3-2;1-2/h7-9H,4-6H2,1-3H3;3H2,1-2H3;1-2H3. The third-order valence-electron chi connectivity index (χ3n) is 2.68. The molecule has 0 amide bonds. The SMILES string of the molecule is CC.CC1CCC(C(C)C)C1.CCC. The van der Waals surface area contributed by atoms with Gasteiger partial charge in [0, 0.05) is 0 Å². The second-order valence-electron chi connectivity index (χ2n) is 4.63. The molecular weight excluding hydrogens is 168 g/mol. The zero-order valence-electron chi connectivity index (χ0n) is 11.6. The van der Waals surface area contributed by atoms with E-state index in [4.69, 9.17) is 0 Å². The van der Waals surface area contributed by atoms with Crippen LogP contribution in [0.4, 0.5) is 0 Å². The molecule has 0 aromatic heterocycles. The van der Waals surface area contributed by atoms with Gasteiger partial charge in [0.15, 0.2) is 0 Å². The predicted octanol–water partition coefficient (Wildman–Crippen LogP) is 5.52. The molecule has 0 aromatic rings. The molecule has 0 aliphatic heterocycles. The minimum atomic E-state index is 0.926. The van der Waals surface area contributed by atoms with E-state index in [1.165, 1.54) is 25.7 Å². The van der Waals surface area contributed by atoms with Crippen molar-refractivity contribution in [2.45, 2.75) is 74.1 Å². The Morgan fingerprint density at radius 3 is 1.64 bits per heavy atom. The maximum absolute atomic E-state index is 2.38. The smallest absolute Gasteiger partial charge is 0.0388 e. The van der Waals surface area contributed by atoms with Gasteiger partial charge in [-0.2, -0.15) is 0 Å². The fraction of sp³-hybridized carbons (Fsp3) is 1.00. The van der Waals surface area contributed by atoms with Gasteiger partial charge in [0.2, 0.25) is 0 Å². The minimum absolute atomic E-state index is 0.926. The third kappa shape index (κ3) is 8.59. The molecule has 0 saturated heterocycles. The van der Waals surface area contributed by atoms with Crippen molar-refractivity contribution in [1.82, 2.24) is 0 Å². The highest BCUT2D eigenvalue weighted by atomic mass is 14.3. The van der Waals surface area contributed by atoms with E-state index in [0.717, 1.165) is 17.8 Å². The highest BCUT2D eigenvalue weighted by Crippen LogP contribution is 2.34. The maximum Gasteiger partial charge on any atom is -0.0388 e. The van der Waals surface area contributed by atoms with Gasteiger partial charge in [-0.1, -0.05) is 61.3 Å². The molecule has 1 fully saturated rings. The highest BCUT2D eigenvalue weighted by Gasteiger charge is 2.23. The Labute approximate surface area is 92.5 Å². The number of rotatable bonds is 1. The summed E-state index contributed by atoms with van der Waals surface area (Å²) in [4.78, 5) is 0. The summed E-state index contributed by atoms with van der Waals surface area (Å²) in [7, 11) is 0. The first-order valence-electron chi connectivity index (χ1n) is 6.61. The second-order valence-corrected chi connectivity index (χ2v) is 4.63. The van der Waals surface area contributed by atoms with E-state index in [1.54, 1.807) is 0 Å².